The van der Waals surface area contributed by atoms with Crippen LogP contribution in [0.15, 0.2) is 60.3 Å². The second-order valence-electron chi connectivity index (χ2n) is 12.2. The highest BCUT2D eigenvalue weighted by molar-refractivity contribution is 7.89. The van der Waals surface area contributed by atoms with Crippen LogP contribution in [0.5, 0.6) is 0 Å². The minimum Gasteiger partial charge on any atom is -0.233 e. The fourth-order valence-corrected chi connectivity index (χ4v) is 8.35. The van der Waals surface area contributed by atoms with E-state index in [2.05, 4.69) is 25.0 Å². The maximum atomic E-state index is 14.5. The Morgan fingerprint density at radius 3 is 2.52 bits per heavy atom. The lowest BCUT2D eigenvalue weighted by molar-refractivity contribution is 0.221. The van der Waals surface area contributed by atoms with E-state index in [0.29, 0.717) is 24.9 Å². The van der Waals surface area contributed by atoms with Crippen LogP contribution in [-0.4, -0.2) is 41.3 Å². The molecule has 0 bridgehead atoms. The molecule has 5 nitrogen and oxygen atoms in total. The van der Waals surface area contributed by atoms with Crippen LogP contribution >= 0.6 is 0 Å². The predicted molar refractivity (Wildman–Crippen MR) is 165 cm³/mol. The third kappa shape index (κ3) is 6.70. The molecular formula is C34H43F2N3O2S. The molecule has 1 heterocycles. The van der Waals surface area contributed by atoms with E-state index in [9.17, 15) is 17.2 Å². The maximum absolute atomic E-state index is 14.5. The minimum absolute atomic E-state index is 0.136. The van der Waals surface area contributed by atoms with Gasteiger partial charge in [-0.25, -0.2) is 26.2 Å². The lowest BCUT2D eigenvalue weighted by Crippen LogP contribution is -2.42. The zero-order valence-electron chi connectivity index (χ0n) is 24.9. The average molecular weight is 596 g/mol. The van der Waals surface area contributed by atoms with Crippen molar-refractivity contribution < 1.29 is 17.2 Å². The van der Waals surface area contributed by atoms with E-state index < -0.39 is 10.0 Å². The summed E-state index contributed by atoms with van der Waals surface area (Å²) in [6, 6.07) is 13.0. The van der Waals surface area contributed by atoms with Crippen molar-refractivity contribution in [3.63, 3.8) is 0 Å². The lowest BCUT2D eigenvalue weighted by atomic mass is 9.70. The van der Waals surface area contributed by atoms with Gasteiger partial charge in [0.1, 0.15) is 11.6 Å². The summed E-state index contributed by atoms with van der Waals surface area (Å²) in [6.07, 6.45) is 13.1. The Balaban J connectivity index is 1.34. The van der Waals surface area contributed by atoms with Gasteiger partial charge in [-0.3, -0.25) is 0 Å². The summed E-state index contributed by atoms with van der Waals surface area (Å²) in [7, 11) is -3.50. The Labute approximate surface area is 249 Å². The monoisotopic (exact) mass is 595 g/mol. The van der Waals surface area contributed by atoms with E-state index in [-0.39, 0.29) is 35.3 Å². The van der Waals surface area contributed by atoms with Gasteiger partial charge in [-0.2, -0.15) is 5.10 Å². The molecule has 226 valence electrons. The highest BCUT2D eigenvalue weighted by atomic mass is 32.2. The number of halogens is 2. The Bertz CT molecular complexity index is 1500. The molecule has 0 radical (unpaired) electrons. The Morgan fingerprint density at radius 1 is 1.02 bits per heavy atom. The highest BCUT2D eigenvalue weighted by Crippen LogP contribution is 2.53. The Hall–Kier alpha value is -2.84. The van der Waals surface area contributed by atoms with Crippen molar-refractivity contribution in [3.8, 4) is 5.69 Å². The summed E-state index contributed by atoms with van der Waals surface area (Å²) < 4.78 is 59.0. The molecule has 0 N–H and O–H groups in total. The van der Waals surface area contributed by atoms with Crippen LogP contribution in [0.1, 0.15) is 82.0 Å². The summed E-state index contributed by atoms with van der Waals surface area (Å²) in [5.41, 5.74) is 4.62. The second kappa shape index (κ2) is 13.2. The predicted octanol–water partition coefficient (Wildman–Crippen LogP) is 7.74. The standard InChI is InChI=1S/C34H43F2N3O2S/c1-3-4-5-6-7-10-21-42(40,41)38(20-19-26-11-8-9-12-32(26)36)25-29-14-13-28-22-33-27(23-34(28,29)2)24-37-39(33)31-17-15-30(35)16-18-31/h8-9,11-12,15-18,22,24,29H,3-7,10,13-14,19-21,23,25H2,1-2H3/t29-,34+/m1/s1. The molecule has 2 aromatic carbocycles. The number of nitrogens with zero attached hydrogens (tertiary/aromatic N) is 3. The molecule has 42 heavy (non-hydrogen) atoms. The number of fused-ring (bicyclic) bond motifs is 2. The van der Waals surface area contributed by atoms with Crippen LogP contribution in [0, 0.1) is 23.0 Å². The van der Waals surface area contributed by atoms with Gasteiger partial charge in [-0.15, -0.1) is 0 Å². The van der Waals surface area contributed by atoms with Crippen molar-refractivity contribution in [2.75, 3.05) is 18.8 Å². The molecule has 2 atom stereocenters. The van der Waals surface area contributed by atoms with Crippen LogP contribution in [0.4, 0.5) is 8.78 Å². The highest BCUT2D eigenvalue weighted by Gasteiger charge is 2.46. The molecule has 8 heteroatoms. The van der Waals surface area contributed by atoms with Crippen LogP contribution in [0.2, 0.25) is 0 Å². The third-order valence-corrected chi connectivity index (χ3v) is 11.3. The van der Waals surface area contributed by atoms with Gasteiger partial charge in [0.15, 0.2) is 0 Å². The molecule has 1 fully saturated rings. The van der Waals surface area contributed by atoms with E-state index in [4.69, 9.17) is 0 Å². The van der Waals surface area contributed by atoms with Crippen LogP contribution in [-0.2, 0) is 22.9 Å². The van der Waals surface area contributed by atoms with E-state index in [0.717, 1.165) is 61.9 Å². The summed E-state index contributed by atoms with van der Waals surface area (Å²) in [5.74, 6) is -0.292. The number of hydrogen-bond donors (Lipinski definition) is 0. The van der Waals surface area contributed by atoms with Gasteiger partial charge >= 0.3 is 0 Å². The molecule has 0 aliphatic heterocycles. The molecule has 0 saturated heterocycles. The van der Waals surface area contributed by atoms with Crippen molar-refractivity contribution in [2.24, 2.45) is 11.3 Å². The number of benzene rings is 2. The van der Waals surface area contributed by atoms with Crippen molar-refractivity contribution in [1.29, 1.82) is 0 Å². The van der Waals surface area contributed by atoms with Crippen molar-refractivity contribution >= 4 is 16.1 Å². The molecule has 2 aliphatic carbocycles. The summed E-state index contributed by atoms with van der Waals surface area (Å²) in [4.78, 5) is 0. The number of hydrogen-bond acceptors (Lipinski definition) is 3. The van der Waals surface area contributed by atoms with Crippen molar-refractivity contribution in [2.45, 2.75) is 78.1 Å². The smallest absolute Gasteiger partial charge is 0.214 e. The topological polar surface area (TPSA) is 55.2 Å². The van der Waals surface area contributed by atoms with Gasteiger partial charge in [0.2, 0.25) is 10.0 Å². The molecular weight excluding hydrogens is 552 g/mol. The summed E-state index contributed by atoms with van der Waals surface area (Å²) in [5, 5.41) is 4.62. The fraction of sp³-hybridized carbons (Fsp3) is 0.500. The lowest BCUT2D eigenvalue weighted by Gasteiger charge is -2.38. The maximum Gasteiger partial charge on any atom is 0.214 e. The van der Waals surface area contributed by atoms with E-state index in [1.54, 1.807) is 34.6 Å². The quantitative estimate of drug-likeness (QED) is 0.179. The van der Waals surface area contributed by atoms with Gasteiger partial charge in [-0.1, -0.05) is 69.7 Å². The number of sulfonamides is 1. The first-order valence-corrected chi connectivity index (χ1v) is 17.1. The minimum atomic E-state index is -3.50. The van der Waals surface area contributed by atoms with Gasteiger partial charge in [0, 0.05) is 13.1 Å². The molecule has 5 rings (SSSR count). The number of allylic oxidation sites excluding steroid dienone is 1. The molecule has 0 amide bonds. The zero-order chi connectivity index (χ0) is 29.7. The molecule has 3 aromatic rings. The van der Waals surface area contributed by atoms with Crippen LogP contribution in [0.25, 0.3) is 11.8 Å². The van der Waals surface area contributed by atoms with Crippen LogP contribution < -0.4 is 0 Å². The SMILES string of the molecule is CCCCCCCCS(=O)(=O)N(CCc1ccccc1F)C[C@H]1CCC2=Cc3c(cnn3-c3ccc(F)cc3)C[C@@]21C. The summed E-state index contributed by atoms with van der Waals surface area (Å²) >= 11 is 0. The first kappa shape index (κ1) is 30.6. The number of unbranched alkanes of at least 4 members (excludes halogenated alkanes) is 5. The average Bonchev–Trinajstić information content (AvgIpc) is 3.51. The number of rotatable bonds is 14. The molecule has 1 aromatic heterocycles. The van der Waals surface area contributed by atoms with Crippen molar-refractivity contribution in [1.82, 2.24) is 14.1 Å². The van der Waals surface area contributed by atoms with E-state index >= 15 is 0 Å². The normalized spacial score (nSPS) is 20.0. The van der Waals surface area contributed by atoms with Crippen molar-refractivity contribution in [3.05, 3.63) is 88.8 Å². The largest absolute Gasteiger partial charge is 0.233 e. The number of aromatic nitrogens is 2. The molecule has 0 unspecified atom stereocenters. The third-order valence-electron chi connectivity index (χ3n) is 9.38. The zero-order valence-corrected chi connectivity index (χ0v) is 25.7. The first-order chi connectivity index (χ1) is 20.2. The molecule has 0 spiro atoms. The van der Waals surface area contributed by atoms with Crippen LogP contribution in [0.3, 0.4) is 0 Å². The Kier molecular flexibility index (Phi) is 9.63. The summed E-state index contributed by atoms with van der Waals surface area (Å²) in [6.45, 7) is 5.14. The fourth-order valence-electron chi connectivity index (χ4n) is 6.74. The van der Waals surface area contributed by atoms with E-state index in [1.165, 1.54) is 30.2 Å². The van der Waals surface area contributed by atoms with Gasteiger partial charge < -0.3 is 0 Å². The Morgan fingerprint density at radius 2 is 1.76 bits per heavy atom. The van der Waals surface area contributed by atoms with Gasteiger partial charge in [0.25, 0.3) is 0 Å². The second-order valence-corrected chi connectivity index (χ2v) is 14.3. The first-order valence-electron chi connectivity index (χ1n) is 15.5. The van der Waals surface area contributed by atoms with Gasteiger partial charge in [-0.05, 0) is 91.0 Å². The molecule has 1 saturated carbocycles. The molecule has 2 aliphatic rings. The van der Waals surface area contributed by atoms with E-state index in [1.807, 2.05) is 10.9 Å². The van der Waals surface area contributed by atoms with Gasteiger partial charge in [0.05, 0.1) is 23.3 Å².